The quantitative estimate of drug-likeness (QED) is 0.526. The molecule has 1 fully saturated rings. The number of hydrogen-bond donors (Lipinski definition) is 0. The summed E-state index contributed by atoms with van der Waals surface area (Å²) < 4.78 is 6.77. The predicted octanol–water partition coefficient (Wildman–Crippen LogP) is -0.995. The van der Waals surface area contributed by atoms with E-state index in [4.69, 9.17) is 4.74 Å². The third-order valence-electron chi connectivity index (χ3n) is 2.78. The summed E-state index contributed by atoms with van der Waals surface area (Å²) in [6.07, 6.45) is 4.08. The minimum atomic E-state index is 0. The molecule has 0 bridgehead atoms. The van der Waals surface area contributed by atoms with E-state index in [2.05, 4.69) is 13.8 Å². The van der Waals surface area contributed by atoms with Crippen LogP contribution >= 0.6 is 0 Å². The summed E-state index contributed by atoms with van der Waals surface area (Å²) in [6, 6.07) is 0. The van der Waals surface area contributed by atoms with Gasteiger partial charge >= 0.3 is 0 Å². The molecule has 1 rings (SSSR count). The predicted molar refractivity (Wildman–Crippen MR) is 50.9 cm³/mol. The molecule has 0 aromatic heterocycles. The van der Waals surface area contributed by atoms with E-state index in [0.717, 1.165) is 13.3 Å². The summed E-state index contributed by atoms with van der Waals surface area (Å²) >= 11 is 0. The first-order valence-corrected chi connectivity index (χ1v) is 5.26. The van der Waals surface area contributed by atoms with Crippen molar-refractivity contribution in [3.05, 3.63) is 0 Å². The zero-order chi connectivity index (χ0) is 8.86. The van der Waals surface area contributed by atoms with Gasteiger partial charge in [0.25, 0.3) is 0 Å². The van der Waals surface area contributed by atoms with Gasteiger partial charge in [0.1, 0.15) is 0 Å². The van der Waals surface area contributed by atoms with E-state index in [1.54, 1.807) is 0 Å². The van der Waals surface area contributed by atoms with E-state index in [9.17, 15) is 0 Å². The largest absolute Gasteiger partial charge is 1.00 e. The van der Waals surface area contributed by atoms with Gasteiger partial charge in [0.05, 0.1) is 19.6 Å². The van der Waals surface area contributed by atoms with Crippen molar-refractivity contribution in [1.82, 2.24) is 0 Å². The topological polar surface area (TPSA) is 9.23 Å². The number of quaternary nitrogens is 1. The Morgan fingerprint density at radius 2 is 1.77 bits per heavy atom. The van der Waals surface area contributed by atoms with Gasteiger partial charge in [0.15, 0.2) is 6.73 Å². The monoisotopic (exact) mass is 207 g/mol. The van der Waals surface area contributed by atoms with Gasteiger partial charge in [-0.2, -0.15) is 0 Å². The van der Waals surface area contributed by atoms with Crippen molar-refractivity contribution in [3.63, 3.8) is 0 Å². The maximum absolute atomic E-state index is 5.55. The molecule has 0 unspecified atom stereocenters. The summed E-state index contributed by atoms with van der Waals surface area (Å²) in [7, 11) is 0. The molecule has 1 saturated heterocycles. The number of nitrogens with zero attached hydrogens (tertiary/aromatic N) is 1. The Morgan fingerprint density at radius 3 is 2.23 bits per heavy atom. The molecule has 0 aromatic carbocycles. The molecule has 3 heteroatoms. The third-order valence-corrected chi connectivity index (χ3v) is 2.78. The molecule has 1 aliphatic heterocycles. The van der Waals surface area contributed by atoms with E-state index in [1.807, 2.05) is 0 Å². The van der Waals surface area contributed by atoms with Crippen molar-refractivity contribution in [2.24, 2.45) is 0 Å². The Balaban J connectivity index is 0.00000144. The number of ether oxygens (including phenoxy) is 1. The summed E-state index contributed by atoms with van der Waals surface area (Å²) in [5.41, 5.74) is 0. The minimum absolute atomic E-state index is 0. The van der Waals surface area contributed by atoms with Gasteiger partial charge in [-0.05, 0) is 13.3 Å². The van der Waals surface area contributed by atoms with Gasteiger partial charge in [-0.3, -0.25) is 0 Å². The third kappa shape index (κ3) is 3.84. The zero-order valence-electron chi connectivity index (χ0n) is 8.89. The molecule has 80 valence electrons. The molecule has 0 aliphatic carbocycles. The molecule has 13 heavy (non-hydrogen) atoms. The van der Waals surface area contributed by atoms with Crippen LogP contribution in [0.1, 0.15) is 33.1 Å². The lowest BCUT2D eigenvalue weighted by atomic mass is 10.4. The molecule has 1 heterocycles. The Hall–Kier alpha value is 0.210. The molecule has 0 amide bonds. The van der Waals surface area contributed by atoms with Crippen LogP contribution in [0.2, 0.25) is 0 Å². The van der Waals surface area contributed by atoms with Crippen molar-refractivity contribution in [1.29, 1.82) is 0 Å². The lowest BCUT2D eigenvalue weighted by Gasteiger charge is -2.33. The molecule has 0 radical (unpaired) electrons. The van der Waals surface area contributed by atoms with Crippen molar-refractivity contribution in [2.75, 3.05) is 33.0 Å². The van der Waals surface area contributed by atoms with Crippen LogP contribution in [0.3, 0.4) is 0 Å². The number of halogens is 1. The van der Waals surface area contributed by atoms with Gasteiger partial charge < -0.3 is 21.6 Å². The van der Waals surface area contributed by atoms with Crippen LogP contribution in [0.5, 0.6) is 0 Å². The van der Waals surface area contributed by atoms with Gasteiger partial charge in [0.2, 0.25) is 0 Å². The van der Waals surface area contributed by atoms with Crippen LogP contribution < -0.4 is 12.4 Å². The Bertz CT molecular complexity index is 124. The first kappa shape index (κ1) is 13.2. The highest BCUT2D eigenvalue weighted by Crippen LogP contribution is 2.19. The second kappa shape index (κ2) is 6.63. The van der Waals surface area contributed by atoms with Gasteiger partial charge in [-0.1, -0.05) is 6.92 Å². The fourth-order valence-corrected chi connectivity index (χ4v) is 2.18. The summed E-state index contributed by atoms with van der Waals surface area (Å²) in [6.45, 7) is 10.2. The van der Waals surface area contributed by atoms with E-state index in [-0.39, 0.29) is 12.4 Å². The normalized spacial score (nSPS) is 19.8. The second-order valence-electron chi connectivity index (χ2n) is 3.84. The van der Waals surface area contributed by atoms with Crippen LogP contribution in [0.4, 0.5) is 0 Å². The van der Waals surface area contributed by atoms with Crippen molar-refractivity contribution in [3.8, 4) is 0 Å². The molecule has 0 aromatic rings. The van der Waals surface area contributed by atoms with Crippen LogP contribution in [0, 0.1) is 0 Å². The fourth-order valence-electron chi connectivity index (χ4n) is 2.18. The summed E-state index contributed by atoms with van der Waals surface area (Å²) in [4.78, 5) is 0. The maximum atomic E-state index is 5.55. The van der Waals surface area contributed by atoms with Gasteiger partial charge in [-0.15, -0.1) is 0 Å². The van der Waals surface area contributed by atoms with E-state index >= 15 is 0 Å². The molecule has 0 atom stereocenters. The smallest absolute Gasteiger partial charge is 0.183 e. The number of likely N-dealkylation sites (tertiary alicyclic amines) is 1. The number of rotatable bonds is 5. The Labute approximate surface area is 88.3 Å². The number of hydrogen-bond acceptors (Lipinski definition) is 1. The van der Waals surface area contributed by atoms with Crippen LogP contribution in [0.15, 0.2) is 0 Å². The van der Waals surface area contributed by atoms with Gasteiger partial charge in [-0.25, -0.2) is 0 Å². The average Bonchev–Trinajstić information content (AvgIpc) is 2.51. The minimum Gasteiger partial charge on any atom is -1.00 e. The van der Waals surface area contributed by atoms with Crippen LogP contribution in [-0.2, 0) is 4.74 Å². The highest BCUT2D eigenvalue weighted by atomic mass is 35.5. The summed E-state index contributed by atoms with van der Waals surface area (Å²) in [5, 5.41) is 0. The highest BCUT2D eigenvalue weighted by Gasteiger charge is 2.30. The lowest BCUT2D eigenvalue weighted by molar-refractivity contribution is -0.935. The first-order chi connectivity index (χ1) is 5.83. The molecule has 0 saturated carbocycles. The first-order valence-electron chi connectivity index (χ1n) is 5.26. The molecule has 0 spiro atoms. The Morgan fingerprint density at radius 1 is 1.15 bits per heavy atom. The standard InChI is InChI=1S/C10H22NO.ClH/c1-3-7-11(10-12-4-2)8-5-6-9-11;/h3-10H2,1-2H3;1H/q+1;/p-1. The molecular formula is C10H22ClNO. The maximum Gasteiger partial charge on any atom is 0.183 e. The highest BCUT2D eigenvalue weighted by molar-refractivity contribution is 4.52. The second-order valence-corrected chi connectivity index (χ2v) is 3.84. The fraction of sp³-hybridized carbons (Fsp3) is 1.00. The molecule has 2 nitrogen and oxygen atoms in total. The van der Waals surface area contributed by atoms with E-state index in [0.29, 0.717) is 0 Å². The SMILES string of the molecule is CCC[N+]1(COCC)CCCC1.[Cl-]. The summed E-state index contributed by atoms with van der Waals surface area (Å²) in [5.74, 6) is 0. The average molecular weight is 208 g/mol. The lowest BCUT2D eigenvalue weighted by Crippen LogP contribution is -3.00. The van der Waals surface area contributed by atoms with Crippen LogP contribution in [0.25, 0.3) is 0 Å². The Kier molecular flexibility index (Phi) is 6.74. The molecular weight excluding hydrogens is 186 g/mol. The van der Waals surface area contributed by atoms with Crippen molar-refractivity contribution >= 4 is 0 Å². The van der Waals surface area contributed by atoms with Crippen LogP contribution in [-0.4, -0.2) is 37.5 Å². The van der Waals surface area contributed by atoms with E-state index < -0.39 is 0 Å². The zero-order valence-corrected chi connectivity index (χ0v) is 9.65. The van der Waals surface area contributed by atoms with E-state index in [1.165, 1.54) is 43.4 Å². The molecule has 1 aliphatic rings. The van der Waals surface area contributed by atoms with Gasteiger partial charge in [0, 0.05) is 19.4 Å². The molecule has 0 N–H and O–H groups in total. The van der Waals surface area contributed by atoms with Crippen molar-refractivity contribution < 1.29 is 21.6 Å². The van der Waals surface area contributed by atoms with Crippen molar-refractivity contribution in [2.45, 2.75) is 33.1 Å².